The molecule has 144 valence electrons. The Bertz CT molecular complexity index is 600. The van der Waals surface area contributed by atoms with Crippen LogP contribution in [0.2, 0.25) is 5.02 Å². The van der Waals surface area contributed by atoms with Gasteiger partial charge in [-0.05, 0) is 81.0 Å². The number of halogens is 2. The fourth-order valence-corrected chi connectivity index (χ4v) is 3.87. The predicted molar refractivity (Wildman–Crippen MR) is 111 cm³/mol. The number of rotatable bonds is 11. The Balaban J connectivity index is 1.83. The van der Waals surface area contributed by atoms with Gasteiger partial charge in [0.25, 0.3) is 0 Å². The Morgan fingerprint density at radius 2 is 1.88 bits per heavy atom. The molecule has 1 aromatic carbocycles. The lowest BCUT2D eigenvalue weighted by atomic mass is 9.93. The molecule has 0 aromatic heterocycles. The molecule has 0 saturated heterocycles. The number of alkyl halides is 1. The second kappa shape index (κ2) is 9.32. The number of ether oxygens (including phenoxy) is 1. The number of anilines is 1. The van der Waals surface area contributed by atoms with Gasteiger partial charge in [0.1, 0.15) is 0 Å². The molecular weight excluding hydrogens is 367 g/mol. The molecule has 0 bridgehead atoms. The second-order valence-corrected chi connectivity index (χ2v) is 8.46. The fourth-order valence-electron chi connectivity index (χ4n) is 3.47. The smallest absolute Gasteiger partial charge is 0.188 e. The summed E-state index contributed by atoms with van der Waals surface area (Å²) in [7, 11) is 0. The van der Waals surface area contributed by atoms with Gasteiger partial charge in [0.2, 0.25) is 0 Å². The number of hydrogen-bond donors (Lipinski definition) is 1. The third kappa shape index (κ3) is 5.53. The van der Waals surface area contributed by atoms with Crippen LogP contribution >= 0.6 is 23.2 Å². The molecule has 1 atom stereocenters. The summed E-state index contributed by atoms with van der Waals surface area (Å²) in [6, 6.07) is 6.32. The number of nitrogens with zero attached hydrogens (tertiary/aromatic N) is 1. The summed E-state index contributed by atoms with van der Waals surface area (Å²) in [5.41, 5.74) is 2.24. The van der Waals surface area contributed by atoms with E-state index in [1.807, 2.05) is 13.0 Å². The predicted octanol–water partition coefficient (Wildman–Crippen LogP) is 6.08. The molecule has 0 spiro atoms. The van der Waals surface area contributed by atoms with Crippen molar-refractivity contribution >= 4 is 34.8 Å². The van der Waals surface area contributed by atoms with E-state index in [9.17, 15) is 0 Å². The molecule has 26 heavy (non-hydrogen) atoms. The highest BCUT2D eigenvalue weighted by molar-refractivity contribution is 6.31. The van der Waals surface area contributed by atoms with Crippen molar-refractivity contribution in [2.24, 2.45) is 11.8 Å². The quantitative estimate of drug-likeness (QED) is 0.279. The number of benzene rings is 1. The van der Waals surface area contributed by atoms with Crippen molar-refractivity contribution in [1.29, 1.82) is 5.41 Å². The first-order valence-corrected chi connectivity index (χ1v) is 10.8. The van der Waals surface area contributed by atoms with Crippen LogP contribution in [0, 0.1) is 17.2 Å². The van der Waals surface area contributed by atoms with Crippen LogP contribution in [0.25, 0.3) is 0 Å². The first-order chi connectivity index (χ1) is 12.6. The van der Waals surface area contributed by atoms with Crippen LogP contribution in [0.4, 0.5) is 5.69 Å². The van der Waals surface area contributed by atoms with E-state index < -0.39 is 0 Å². The average Bonchev–Trinajstić information content (AvgIpc) is 3.53. The molecule has 2 aliphatic rings. The van der Waals surface area contributed by atoms with E-state index >= 15 is 0 Å². The van der Waals surface area contributed by atoms with Crippen molar-refractivity contribution in [1.82, 2.24) is 0 Å². The summed E-state index contributed by atoms with van der Waals surface area (Å²) >= 11 is 12.5. The third-order valence-electron chi connectivity index (χ3n) is 5.31. The van der Waals surface area contributed by atoms with Crippen molar-refractivity contribution in [2.75, 3.05) is 30.5 Å². The van der Waals surface area contributed by atoms with Crippen LogP contribution in [-0.2, 0) is 4.74 Å². The molecule has 2 fully saturated rings. The molecule has 0 heterocycles. The summed E-state index contributed by atoms with van der Waals surface area (Å²) in [6.45, 7) is 4.71. The Hall–Kier alpha value is -0.930. The van der Waals surface area contributed by atoms with Crippen LogP contribution in [0.5, 0.6) is 0 Å². The number of nitrogens with one attached hydrogen (secondary N) is 1. The molecule has 0 amide bonds. The van der Waals surface area contributed by atoms with E-state index in [1.165, 1.54) is 31.4 Å². The fraction of sp³-hybridized carbons (Fsp3) is 0.667. The van der Waals surface area contributed by atoms with Gasteiger partial charge in [0.15, 0.2) is 5.90 Å². The van der Waals surface area contributed by atoms with Gasteiger partial charge in [0, 0.05) is 29.7 Å². The first-order valence-electron chi connectivity index (χ1n) is 9.94. The minimum absolute atomic E-state index is 0.121. The summed E-state index contributed by atoms with van der Waals surface area (Å²) in [6.07, 6.45) is 7.06. The van der Waals surface area contributed by atoms with Crippen LogP contribution < -0.4 is 4.90 Å². The monoisotopic (exact) mass is 396 g/mol. The Morgan fingerprint density at radius 3 is 2.42 bits per heavy atom. The summed E-state index contributed by atoms with van der Waals surface area (Å²) in [5, 5.41) is 9.06. The first kappa shape index (κ1) is 19.8. The van der Waals surface area contributed by atoms with Crippen LogP contribution in [0.1, 0.15) is 56.9 Å². The summed E-state index contributed by atoms with van der Waals surface area (Å²) < 4.78 is 5.53. The van der Waals surface area contributed by atoms with Gasteiger partial charge >= 0.3 is 0 Å². The van der Waals surface area contributed by atoms with Crippen molar-refractivity contribution in [3.8, 4) is 0 Å². The zero-order chi connectivity index (χ0) is 18.5. The molecule has 1 unspecified atom stereocenters. The van der Waals surface area contributed by atoms with Crippen molar-refractivity contribution in [3.63, 3.8) is 0 Å². The Kier molecular flexibility index (Phi) is 7.11. The van der Waals surface area contributed by atoms with Gasteiger partial charge in [-0.15, -0.1) is 11.6 Å². The van der Waals surface area contributed by atoms with Gasteiger partial charge in [-0.1, -0.05) is 11.6 Å². The van der Waals surface area contributed by atoms with Gasteiger partial charge in [-0.25, -0.2) is 0 Å². The lowest BCUT2D eigenvalue weighted by molar-refractivity contribution is 0.305. The van der Waals surface area contributed by atoms with E-state index in [2.05, 4.69) is 17.0 Å². The molecule has 1 N–H and O–H groups in total. The minimum atomic E-state index is -0.121. The highest BCUT2D eigenvalue weighted by Crippen LogP contribution is 2.38. The largest absolute Gasteiger partial charge is 0.481 e. The standard InChI is InChI=1S/C21H30Cl2N2O/c1-2-26-21(24)18(4-3-11-22)19-12-17(9-10-20(19)23)25(13-15-5-6-15)14-16-7-8-16/h9-10,12,15-16,18,24H,2-8,11,13-14H2,1H3. The molecule has 1 aromatic rings. The zero-order valence-corrected chi connectivity index (χ0v) is 17.2. The Labute approximate surface area is 167 Å². The molecule has 0 radical (unpaired) electrons. The molecule has 2 aliphatic carbocycles. The van der Waals surface area contributed by atoms with Gasteiger partial charge in [0.05, 0.1) is 12.5 Å². The molecule has 2 saturated carbocycles. The molecule has 5 heteroatoms. The maximum Gasteiger partial charge on any atom is 0.188 e. The van der Waals surface area contributed by atoms with Gasteiger partial charge in [-0.2, -0.15) is 0 Å². The second-order valence-electron chi connectivity index (χ2n) is 7.68. The Morgan fingerprint density at radius 1 is 1.23 bits per heavy atom. The van der Waals surface area contributed by atoms with E-state index in [0.29, 0.717) is 18.4 Å². The van der Waals surface area contributed by atoms with Crippen molar-refractivity contribution < 1.29 is 4.74 Å². The molecular formula is C21H30Cl2N2O. The summed E-state index contributed by atoms with van der Waals surface area (Å²) in [5.74, 6) is 2.46. The molecule has 3 rings (SSSR count). The minimum Gasteiger partial charge on any atom is -0.481 e. The van der Waals surface area contributed by atoms with E-state index in [1.54, 1.807) is 0 Å². The maximum absolute atomic E-state index is 8.34. The van der Waals surface area contributed by atoms with Crippen molar-refractivity contribution in [2.45, 2.75) is 51.4 Å². The van der Waals surface area contributed by atoms with E-state index in [0.717, 1.165) is 48.4 Å². The summed E-state index contributed by atoms with van der Waals surface area (Å²) in [4.78, 5) is 2.54. The SMILES string of the molecule is CCOC(=N)C(CCCCl)c1cc(N(CC2CC2)CC2CC2)ccc1Cl. The lowest BCUT2D eigenvalue weighted by Crippen LogP contribution is -2.28. The highest BCUT2D eigenvalue weighted by Gasteiger charge is 2.30. The topological polar surface area (TPSA) is 36.3 Å². The van der Waals surface area contributed by atoms with Crippen molar-refractivity contribution in [3.05, 3.63) is 28.8 Å². The third-order valence-corrected chi connectivity index (χ3v) is 5.93. The van der Waals surface area contributed by atoms with E-state index in [4.69, 9.17) is 33.3 Å². The molecule has 0 aliphatic heterocycles. The maximum atomic E-state index is 8.34. The number of hydrogen-bond acceptors (Lipinski definition) is 3. The van der Waals surface area contributed by atoms with Gasteiger partial charge in [-0.3, -0.25) is 5.41 Å². The van der Waals surface area contributed by atoms with Gasteiger partial charge < -0.3 is 9.64 Å². The highest BCUT2D eigenvalue weighted by atomic mass is 35.5. The van der Waals surface area contributed by atoms with Crippen LogP contribution in [0.15, 0.2) is 18.2 Å². The zero-order valence-electron chi connectivity index (χ0n) is 15.6. The normalized spacial score (nSPS) is 17.8. The van der Waals surface area contributed by atoms with Crippen LogP contribution in [0.3, 0.4) is 0 Å². The molecule has 3 nitrogen and oxygen atoms in total. The van der Waals surface area contributed by atoms with Crippen LogP contribution in [-0.4, -0.2) is 31.5 Å². The lowest BCUT2D eigenvalue weighted by Gasteiger charge is -2.27. The van der Waals surface area contributed by atoms with E-state index in [-0.39, 0.29) is 5.92 Å². The average molecular weight is 397 g/mol.